The predicted molar refractivity (Wildman–Crippen MR) is 77.8 cm³/mol. The Morgan fingerprint density at radius 2 is 1.95 bits per heavy atom. The number of aromatic nitrogens is 2. The predicted octanol–water partition coefficient (Wildman–Crippen LogP) is 3.06. The van der Waals surface area contributed by atoms with Crippen molar-refractivity contribution in [1.82, 2.24) is 9.97 Å². The van der Waals surface area contributed by atoms with E-state index in [0.29, 0.717) is 5.15 Å². The molecule has 0 amide bonds. The van der Waals surface area contributed by atoms with Crippen molar-refractivity contribution in [1.29, 1.82) is 0 Å². The van der Waals surface area contributed by atoms with E-state index in [0.717, 1.165) is 36.5 Å². The maximum Gasteiger partial charge on any atom is 0.137 e. The molecule has 0 spiro atoms. The van der Waals surface area contributed by atoms with E-state index < -0.39 is 0 Å². The molecule has 106 valence electrons. The van der Waals surface area contributed by atoms with E-state index in [2.05, 4.69) is 36.1 Å². The highest BCUT2D eigenvalue weighted by molar-refractivity contribution is 6.30. The van der Waals surface area contributed by atoms with Crippen LogP contribution in [0.2, 0.25) is 5.15 Å². The molecule has 0 aliphatic heterocycles. The zero-order chi connectivity index (χ0) is 14.3. The second kappa shape index (κ2) is 4.91. The minimum atomic E-state index is -0.225. The lowest BCUT2D eigenvalue weighted by Gasteiger charge is -2.41. The minimum Gasteiger partial charge on any atom is -0.394 e. The average Bonchev–Trinajstić information content (AvgIpc) is 2.27. The lowest BCUT2D eigenvalue weighted by Crippen LogP contribution is -2.48. The molecule has 5 heteroatoms. The van der Waals surface area contributed by atoms with Crippen LogP contribution in [0.4, 0.5) is 5.82 Å². The van der Waals surface area contributed by atoms with E-state index in [9.17, 15) is 5.11 Å². The molecular formula is C14H22ClN3O. The van der Waals surface area contributed by atoms with Gasteiger partial charge in [0, 0.05) is 11.0 Å². The molecule has 0 saturated heterocycles. The molecule has 1 aromatic heterocycles. The molecule has 1 fully saturated rings. The average molecular weight is 284 g/mol. The number of nitrogens with zero attached hydrogens (tertiary/aromatic N) is 2. The van der Waals surface area contributed by atoms with Crippen molar-refractivity contribution in [2.75, 3.05) is 11.9 Å². The first-order valence-electron chi connectivity index (χ1n) is 6.71. The van der Waals surface area contributed by atoms with Gasteiger partial charge in [-0.1, -0.05) is 32.4 Å². The van der Waals surface area contributed by atoms with E-state index in [1.165, 1.54) is 0 Å². The molecule has 0 aromatic carbocycles. The van der Waals surface area contributed by atoms with Crippen molar-refractivity contribution < 1.29 is 5.11 Å². The van der Waals surface area contributed by atoms with Crippen molar-refractivity contribution in [3.63, 3.8) is 0 Å². The molecule has 0 unspecified atom stereocenters. The van der Waals surface area contributed by atoms with Crippen molar-refractivity contribution in [2.45, 2.75) is 57.9 Å². The second-order valence-corrected chi connectivity index (χ2v) is 6.84. The molecule has 1 heterocycles. The van der Waals surface area contributed by atoms with Crippen molar-refractivity contribution in [2.24, 2.45) is 0 Å². The van der Waals surface area contributed by atoms with Crippen LogP contribution in [0.5, 0.6) is 0 Å². The quantitative estimate of drug-likeness (QED) is 0.837. The van der Waals surface area contributed by atoms with Gasteiger partial charge in [0.2, 0.25) is 0 Å². The summed E-state index contributed by atoms with van der Waals surface area (Å²) in [4.78, 5) is 8.96. The molecule has 0 bridgehead atoms. The van der Waals surface area contributed by atoms with Crippen LogP contribution in [0, 0.1) is 6.92 Å². The molecule has 2 N–H and O–H groups in total. The Morgan fingerprint density at radius 1 is 1.32 bits per heavy atom. The molecule has 1 saturated carbocycles. The van der Waals surface area contributed by atoms with Gasteiger partial charge in [0.05, 0.1) is 12.1 Å². The maximum atomic E-state index is 9.55. The first kappa shape index (κ1) is 14.5. The molecule has 1 aromatic rings. The summed E-state index contributed by atoms with van der Waals surface area (Å²) in [5.41, 5.74) is 0.464. The van der Waals surface area contributed by atoms with Gasteiger partial charge in [-0.3, -0.25) is 0 Å². The number of rotatable bonds is 3. The van der Waals surface area contributed by atoms with Gasteiger partial charge in [0.15, 0.2) is 0 Å². The Bertz CT molecular complexity index is 473. The highest BCUT2D eigenvalue weighted by Gasteiger charge is 2.37. The van der Waals surface area contributed by atoms with E-state index in [1.807, 2.05) is 6.92 Å². The van der Waals surface area contributed by atoms with E-state index in [1.54, 1.807) is 0 Å². The zero-order valence-corrected chi connectivity index (χ0v) is 12.8. The van der Waals surface area contributed by atoms with Crippen LogP contribution in [0.15, 0.2) is 0 Å². The highest BCUT2D eigenvalue weighted by Crippen LogP contribution is 2.36. The summed E-state index contributed by atoms with van der Waals surface area (Å²) < 4.78 is 0. The van der Waals surface area contributed by atoms with E-state index in [4.69, 9.17) is 11.6 Å². The standard InChI is InChI=1S/C14H22ClN3O/c1-9-10(15)16-12(13(2,3)4)17-11(9)18-14(8-19)6-5-7-14/h19H,5-8H2,1-4H3,(H,16,17,18). The summed E-state index contributed by atoms with van der Waals surface area (Å²) in [6.07, 6.45) is 3.07. The smallest absolute Gasteiger partial charge is 0.137 e. The van der Waals surface area contributed by atoms with Gasteiger partial charge in [-0.2, -0.15) is 0 Å². The molecule has 2 rings (SSSR count). The summed E-state index contributed by atoms with van der Waals surface area (Å²) >= 11 is 6.20. The van der Waals surface area contributed by atoms with Gasteiger partial charge in [-0.25, -0.2) is 9.97 Å². The Kier molecular flexibility index (Phi) is 3.76. The van der Waals surface area contributed by atoms with Crippen LogP contribution >= 0.6 is 11.6 Å². The molecule has 1 aliphatic rings. The molecular weight excluding hydrogens is 262 g/mol. The van der Waals surface area contributed by atoms with Gasteiger partial charge in [0.1, 0.15) is 16.8 Å². The van der Waals surface area contributed by atoms with Crippen LogP contribution in [0.25, 0.3) is 0 Å². The second-order valence-electron chi connectivity index (χ2n) is 6.48. The zero-order valence-electron chi connectivity index (χ0n) is 12.0. The normalized spacial score (nSPS) is 18.0. The molecule has 4 nitrogen and oxygen atoms in total. The highest BCUT2D eigenvalue weighted by atomic mass is 35.5. The van der Waals surface area contributed by atoms with E-state index >= 15 is 0 Å². The number of aliphatic hydroxyl groups excluding tert-OH is 1. The SMILES string of the molecule is Cc1c(Cl)nc(C(C)(C)C)nc1NC1(CO)CCC1. The third-order valence-electron chi connectivity index (χ3n) is 3.75. The first-order chi connectivity index (χ1) is 8.77. The third kappa shape index (κ3) is 2.84. The van der Waals surface area contributed by atoms with Crippen molar-refractivity contribution >= 4 is 17.4 Å². The Labute approximate surface area is 119 Å². The summed E-state index contributed by atoms with van der Waals surface area (Å²) in [7, 11) is 0. The summed E-state index contributed by atoms with van der Waals surface area (Å²) in [6, 6.07) is 0. The lowest BCUT2D eigenvalue weighted by atomic mass is 9.77. The van der Waals surface area contributed by atoms with E-state index in [-0.39, 0.29) is 17.6 Å². The topological polar surface area (TPSA) is 58.0 Å². The van der Waals surface area contributed by atoms with Crippen LogP contribution in [0.3, 0.4) is 0 Å². The monoisotopic (exact) mass is 283 g/mol. The van der Waals surface area contributed by atoms with Crippen molar-refractivity contribution in [3.8, 4) is 0 Å². The summed E-state index contributed by atoms with van der Waals surface area (Å²) in [5, 5.41) is 13.4. The Morgan fingerprint density at radius 3 is 2.37 bits per heavy atom. The van der Waals surface area contributed by atoms with Gasteiger partial charge < -0.3 is 10.4 Å². The first-order valence-corrected chi connectivity index (χ1v) is 7.09. The minimum absolute atomic E-state index is 0.124. The number of halogens is 1. The number of nitrogens with one attached hydrogen (secondary N) is 1. The van der Waals surface area contributed by atoms with Crippen molar-refractivity contribution in [3.05, 3.63) is 16.5 Å². The maximum absolute atomic E-state index is 9.55. The van der Waals surface area contributed by atoms with Gasteiger partial charge in [-0.05, 0) is 26.2 Å². The molecule has 0 atom stereocenters. The van der Waals surface area contributed by atoms with Gasteiger partial charge >= 0.3 is 0 Å². The third-order valence-corrected chi connectivity index (χ3v) is 4.12. The molecule has 19 heavy (non-hydrogen) atoms. The summed E-state index contributed by atoms with van der Waals surface area (Å²) in [6.45, 7) is 8.20. The van der Waals surface area contributed by atoms with Crippen LogP contribution in [0.1, 0.15) is 51.4 Å². The number of hydrogen-bond acceptors (Lipinski definition) is 4. The Hall–Kier alpha value is -0.870. The molecule has 1 aliphatic carbocycles. The van der Waals surface area contributed by atoms with Crippen LogP contribution in [-0.4, -0.2) is 27.2 Å². The fourth-order valence-corrected chi connectivity index (χ4v) is 2.29. The van der Waals surface area contributed by atoms with Crippen LogP contribution < -0.4 is 5.32 Å². The number of anilines is 1. The fourth-order valence-electron chi connectivity index (χ4n) is 2.12. The number of aliphatic hydroxyl groups is 1. The number of hydrogen-bond donors (Lipinski definition) is 2. The van der Waals surface area contributed by atoms with Gasteiger partial charge in [-0.15, -0.1) is 0 Å². The van der Waals surface area contributed by atoms with Gasteiger partial charge in [0.25, 0.3) is 0 Å². The molecule has 0 radical (unpaired) electrons. The fraction of sp³-hybridized carbons (Fsp3) is 0.714. The Balaban J connectivity index is 2.36. The largest absolute Gasteiger partial charge is 0.394 e. The summed E-state index contributed by atoms with van der Waals surface area (Å²) in [5.74, 6) is 1.47. The lowest BCUT2D eigenvalue weighted by molar-refractivity contribution is 0.143. The van der Waals surface area contributed by atoms with Crippen LogP contribution in [-0.2, 0) is 5.41 Å².